The Morgan fingerprint density at radius 2 is 1.53 bits per heavy atom. The third-order valence-corrected chi connectivity index (χ3v) is 7.41. The SMILES string of the molecule is Cc1ccc(N2C(=O)C(Nc3ccccc3)=C(Sc3ccc(NC(=O)c4cccs4)cc3)C2=O)cc1. The van der Waals surface area contributed by atoms with Crippen molar-refractivity contribution in [2.45, 2.75) is 11.8 Å². The molecular weight excluding hydrogens is 490 g/mol. The highest BCUT2D eigenvalue weighted by atomic mass is 32.2. The van der Waals surface area contributed by atoms with Gasteiger partial charge in [-0.1, -0.05) is 53.7 Å². The predicted molar refractivity (Wildman–Crippen MR) is 145 cm³/mol. The fourth-order valence-corrected chi connectivity index (χ4v) is 5.18. The molecule has 0 aliphatic carbocycles. The molecule has 2 N–H and O–H groups in total. The van der Waals surface area contributed by atoms with Crippen molar-refractivity contribution in [1.29, 1.82) is 0 Å². The summed E-state index contributed by atoms with van der Waals surface area (Å²) in [5, 5.41) is 7.86. The zero-order chi connectivity index (χ0) is 25.1. The van der Waals surface area contributed by atoms with Crippen LogP contribution in [0.25, 0.3) is 0 Å². The van der Waals surface area contributed by atoms with Gasteiger partial charge in [0, 0.05) is 16.3 Å². The molecule has 2 heterocycles. The average molecular weight is 512 g/mol. The first-order chi connectivity index (χ1) is 17.5. The van der Waals surface area contributed by atoms with Crippen molar-refractivity contribution in [3.05, 3.63) is 117 Å². The van der Waals surface area contributed by atoms with Gasteiger partial charge in [0.15, 0.2) is 0 Å². The van der Waals surface area contributed by atoms with E-state index in [1.807, 2.05) is 73.0 Å². The number of imide groups is 1. The van der Waals surface area contributed by atoms with Crippen LogP contribution < -0.4 is 15.5 Å². The molecule has 178 valence electrons. The number of carbonyl (C=O) groups is 3. The Bertz CT molecular complexity index is 1450. The van der Waals surface area contributed by atoms with Crippen LogP contribution in [0.5, 0.6) is 0 Å². The first-order valence-electron chi connectivity index (χ1n) is 11.1. The maximum absolute atomic E-state index is 13.5. The molecule has 5 rings (SSSR count). The number of aryl methyl sites for hydroxylation is 1. The number of nitrogens with zero attached hydrogens (tertiary/aromatic N) is 1. The van der Waals surface area contributed by atoms with E-state index in [9.17, 15) is 14.4 Å². The maximum atomic E-state index is 13.5. The van der Waals surface area contributed by atoms with Crippen LogP contribution in [0.15, 0.2) is 112 Å². The van der Waals surface area contributed by atoms with E-state index in [2.05, 4.69) is 10.6 Å². The van der Waals surface area contributed by atoms with Crippen molar-refractivity contribution in [2.24, 2.45) is 0 Å². The number of anilines is 3. The van der Waals surface area contributed by atoms with Crippen molar-refractivity contribution >= 4 is 57.9 Å². The van der Waals surface area contributed by atoms with Crippen molar-refractivity contribution in [3.8, 4) is 0 Å². The summed E-state index contributed by atoms with van der Waals surface area (Å²) in [6.07, 6.45) is 0. The summed E-state index contributed by atoms with van der Waals surface area (Å²) in [5.74, 6) is -0.967. The molecule has 0 saturated heterocycles. The van der Waals surface area contributed by atoms with Gasteiger partial charge in [-0.25, -0.2) is 4.90 Å². The number of hydrogen-bond donors (Lipinski definition) is 2. The number of rotatable bonds is 7. The molecule has 3 aromatic carbocycles. The molecule has 3 amide bonds. The van der Waals surface area contributed by atoms with Gasteiger partial charge in [-0.3, -0.25) is 14.4 Å². The number of thiophene rings is 1. The largest absolute Gasteiger partial charge is 0.350 e. The van der Waals surface area contributed by atoms with E-state index in [0.29, 0.717) is 26.8 Å². The highest BCUT2D eigenvalue weighted by molar-refractivity contribution is 8.04. The number of benzene rings is 3. The second-order valence-corrected chi connectivity index (χ2v) is 10.1. The Morgan fingerprint density at radius 3 is 2.19 bits per heavy atom. The minimum absolute atomic E-state index is 0.173. The molecule has 0 fully saturated rings. The van der Waals surface area contributed by atoms with E-state index < -0.39 is 5.91 Å². The zero-order valence-electron chi connectivity index (χ0n) is 19.2. The lowest BCUT2D eigenvalue weighted by Crippen LogP contribution is -2.32. The van der Waals surface area contributed by atoms with Crippen molar-refractivity contribution in [3.63, 3.8) is 0 Å². The fourth-order valence-electron chi connectivity index (χ4n) is 3.63. The van der Waals surface area contributed by atoms with E-state index in [0.717, 1.165) is 10.5 Å². The van der Waals surface area contributed by atoms with Gasteiger partial charge in [0.1, 0.15) is 10.6 Å². The van der Waals surface area contributed by atoms with Gasteiger partial charge in [-0.05, 0) is 66.9 Å². The van der Waals surface area contributed by atoms with Crippen molar-refractivity contribution in [1.82, 2.24) is 0 Å². The maximum Gasteiger partial charge on any atom is 0.283 e. The Kier molecular flexibility index (Phi) is 6.71. The molecular formula is C28H21N3O3S2. The monoisotopic (exact) mass is 511 g/mol. The number of amides is 3. The van der Waals surface area contributed by atoms with Crippen LogP contribution in [-0.4, -0.2) is 17.7 Å². The molecule has 8 heteroatoms. The van der Waals surface area contributed by atoms with Crippen molar-refractivity contribution < 1.29 is 14.4 Å². The summed E-state index contributed by atoms with van der Waals surface area (Å²) >= 11 is 2.58. The minimum Gasteiger partial charge on any atom is -0.350 e. The molecule has 1 aliphatic heterocycles. The van der Waals surface area contributed by atoms with Gasteiger partial charge < -0.3 is 10.6 Å². The predicted octanol–water partition coefficient (Wildman–Crippen LogP) is 6.30. The normalized spacial score (nSPS) is 13.3. The summed E-state index contributed by atoms with van der Waals surface area (Å²) in [5.41, 5.74) is 3.14. The summed E-state index contributed by atoms with van der Waals surface area (Å²) < 4.78 is 0. The van der Waals surface area contributed by atoms with Gasteiger partial charge in [0.05, 0.1) is 10.6 Å². The van der Waals surface area contributed by atoms with Crippen LogP contribution in [0.3, 0.4) is 0 Å². The Labute approximate surface area is 216 Å². The molecule has 0 bridgehead atoms. The highest BCUT2D eigenvalue weighted by Crippen LogP contribution is 2.38. The van der Waals surface area contributed by atoms with Gasteiger partial charge in [-0.15, -0.1) is 11.3 Å². The lowest BCUT2D eigenvalue weighted by Gasteiger charge is -2.15. The van der Waals surface area contributed by atoms with Gasteiger partial charge in [0.2, 0.25) is 0 Å². The quantitative estimate of drug-likeness (QED) is 0.285. The third-order valence-electron chi connectivity index (χ3n) is 5.45. The lowest BCUT2D eigenvalue weighted by molar-refractivity contribution is -0.120. The average Bonchev–Trinajstić information content (AvgIpc) is 3.51. The van der Waals surface area contributed by atoms with E-state index in [-0.39, 0.29) is 17.5 Å². The molecule has 0 spiro atoms. The Morgan fingerprint density at radius 1 is 0.806 bits per heavy atom. The molecule has 0 radical (unpaired) electrons. The van der Waals surface area contributed by atoms with Gasteiger partial charge in [-0.2, -0.15) is 0 Å². The number of thioether (sulfide) groups is 1. The second-order valence-electron chi connectivity index (χ2n) is 8.03. The number of carbonyl (C=O) groups excluding carboxylic acids is 3. The minimum atomic E-state index is -0.407. The molecule has 1 aromatic heterocycles. The molecule has 0 saturated carbocycles. The highest BCUT2D eigenvalue weighted by Gasteiger charge is 2.40. The molecule has 36 heavy (non-hydrogen) atoms. The number of para-hydroxylation sites is 1. The number of hydrogen-bond acceptors (Lipinski definition) is 6. The van der Waals surface area contributed by atoms with Crippen LogP contribution in [0.4, 0.5) is 17.1 Å². The molecule has 6 nitrogen and oxygen atoms in total. The van der Waals surface area contributed by atoms with Crippen LogP contribution in [0.2, 0.25) is 0 Å². The summed E-state index contributed by atoms with van der Waals surface area (Å²) in [6.45, 7) is 1.95. The molecule has 0 atom stereocenters. The van der Waals surface area contributed by atoms with Gasteiger partial charge in [0.25, 0.3) is 17.7 Å². The fraction of sp³-hybridized carbons (Fsp3) is 0.0357. The standard InChI is InChI=1S/C28H21N3O3S2/c1-18-9-13-21(14-10-18)31-27(33)24(29-19-6-3-2-4-7-19)25(28(31)34)36-22-15-11-20(12-16-22)30-26(32)23-8-5-17-35-23/h2-17,29H,1H3,(H,30,32). The van der Waals surface area contributed by atoms with E-state index in [1.54, 1.807) is 30.3 Å². The first kappa shape index (κ1) is 23.6. The Hall–Kier alpha value is -4.14. The van der Waals surface area contributed by atoms with Gasteiger partial charge >= 0.3 is 0 Å². The summed E-state index contributed by atoms with van der Waals surface area (Å²) in [4.78, 5) is 42.1. The lowest BCUT2D eigenvalue weighted by atomic mass is 10.2. The molecule has 4 aromatic rings. The molecule has 0 unspecified atom stereocenters. The third kappa shape index (κ3) is 4.95. The first-order valence-corrected chi connectivity index (χ1v) is 12.8. The molecule has 1 aliphatic rings. The van der Waals surface area contributed by atoms with Crippen molar-refractivity contribution in [2.75, 3.05) is 15.5 Å². The zero-order valence-corrected chi connectivity index (χ0v) is 20.9. The topological polar surface area (TPSA) is 78.5 Å². The summed E-state index contributed by atoms with van der Waals surface area (Å²) in [7, 11) is 0. The van der Waals surface area contributed by atoms with Crippen LogP contribution in [0.1, 0.15) is 15.2 Å². The van der Waals surface area contributed by atoms with Crippen LogP contribution >= 0.6 is 23.1 Å². The summed E-state index contributed by atoms with van der Waals surface area (Å²) in [6, 6.07) is 27.3. The van der Waals surface area contributed by atoms with Crippen LogP contribution in [-0.2, 0) is 9.59 Å². The van der Waals surface area contributed by atoms with Crippen LogP contribution in [0, 0.1) is 6.92 Å². The Balaban J connectivity index is 1.41. The van der Waals surface area contributed by atoms with E-state index in [1.165, 1.54) is 28.0 Å². The van der Waals surface area contributed by atoms with E-state index in [4.69, 9.17) is 0 Å². The second kappa shape index (κ2) is 10.2. The smallest absolute Gasteiger partial charge is 0.283 e. The van der Waals surface area contributed by atoms with E-state index >= 15 is 0 Å². The number of nitrogens with one attached hydrogen (secondary N) is 2.